The molecule has 0 fully saturated rings. The SMILES string of the molecule is CCC(=O)Oc1ccc(-c2ccc(-c3ccc(OC(=O)CC)cc3)cc2)cc1. The smallest absolute Gasteiger partial charge is 0.310 e. The van der Waals surface area contributed by atoms with Crippen LogP contribution >= 0.6 is 0 Å². The van der Waals surface area contributed by atoms with Crippen molar-refractivity contribution >= 4 is 11.9 Å². The van der Waals surface area contributed by atoms with Crippen LogP contribution in [0.2, 0.25) is 0 Å². The molecule has 0 atom stereocenters. The fraction of sp³-hybridized carbons (Fsp3) is 0.167. The van der Waals surface area contributed by atoms with Gasteiger partial charge < -0.3 is 9.47 Å². The molecule has 0 aliphatic heterocycles. The first-order valence-corrected chi connectivity index (χ1v) is 9.31. The van der Waals surface area contributed by atoms with E-state index in [2.05, 4.69) is 0 Å². The van der Waals surface area contributed by atoms with Crippen LogP contribution in [0.5, 0.6) is 11.5 Å². The van der Waals surface area contributed by atoms with Gasteiger partial charge in [-0.25, -0.2) is 0 Å². The Morgan fingerprint density at radius 1 is 0.536 bits per heavy atom. The number of benzene rings is 3. The lowest BCUT2D eigenvalue weighted by Crippen LogP contribution is -2.05. The number of carbonyl (C=O) groups is 2. The van der Waals surface area contributed by atoms with Crippen LogP contribution in [0.3, 0.4) is 0 Å². The Morgan fingerprint density at radius 2 is 0.786 bits per heavy atom. The van der Waals surface area contributed by atoms with Crippen LogP contribution < -0.4 is 9.47 Å². The quantitative estimate of drug-likeness (QED) is 0.413. The van der Waals surface area contributed by atoms with Crippen molar-refractivity contribution in [3.05, 3.63) is 72.8 Å². The van der Waals surface area contributed by atoms with E-state index in [0.717, 1.165) is 22.3 Å². The largest absolute Gasteiger partial charge is 0.427 e. The standard InChI is InChI=1S/C24H22O4/c1-3-23(25)27-21-13-9-19(10-14-21)17-5-7-18(8-6-17)20-11-15-22(16-12-20)28-24(26)4-2/h5-16H,3-4H2,1-2H3. The zero-order chi connectivity index (χ0) is 19.9. The van der Waals surface area contributed by atoms with E-state index in [1.807, 2.05) is 48.5 Å². The number of carbonyl (C=O) groups excluding carboxylic acids is 2. The van der Waals surface area contributed by atoms with E-state index < -0.39 is 0 Å². The van der Waals surface area contributed by atoms with Crippen molar-refractivity contribution in [2.45, 2.75) is 26.7 Å². The van der Waals surface area contributed by atoms with E-state index in [1.54, 1.807) is 38.1 Å². The number of ether oxygens (including phenoxy) is 2. The van der Waals surface area contributed by atoms with Crippen LogP contribution in [-0.2, 0) is 9.59 Å². The van der Waals surface area contributed by atoms with Gasteiger partial charge >= 0.3 is 11.9 Å². The minimum absolute atomic E-state index is 0.243. The van der Waals surface area contributed by atoms with E-state index in [-0.39, 0.29) is 11.9 Å². The molecule has 3 rings (SSSR count). The second-order valence-corrected chi connectivity index (χ2v) is 6.28. The molecule has 0 amide bonds. The lowest BCUT2D eigenvalue weighted by Gasteiger charge is -2.08. The van der Waals surface area contributed by atoms with E-state index in [1.165, 1.54) is 0 Å². The van der Waals surface area contributed by atoms with Crippen molar-refractivity contribution in [2.75, 3.05) is 0 Å². The van der Waals surface area contributed by atoms with Crippen molar-refractivity contribution < 1.29 is 19.1 Å². The molecule has 4 nitrogen and oxygen atoms in total. The van der Waals surface area contributed by atoms with Crippen molar-refractivity contribution in [1.29, 1.82) is 0 Å². The molecule has 0 heterocycles. The van der Waals surface area contributed by atoms with Crippen LogP contribution in [0.1, 0.15) is 26.7 Å². The zero-order valence-electron chi connectivity index (χ0n) is 16.0. The Morgan fingerprint density at radius 3 is 1.04 bits per heavy atom. The van der Waals surface area contributed by atoms with Gasteiger partial charge in [-0.15, -0.1) is 0 Å². The van der Waals surface area contributed by atoms with Crippen LogP contribution in [0, 0.1) is 0 Å². The second-order valence-electron chi connectivity index (χ2n) is 6.28. The molecule has 3 aromatic rings. The highest BCUT2D eigenvalue weighted by molar-refractivity contribution is 5.74. The minimum Gasteiger partial charge on any atom is -0.427 e. The predicted octanol–water partition coefficient (Wildman–Crippen LogP) is 5.65. The summed E-state index contributed by atoms with van der Waals surface area (Å²) in [6.45, 7) is 3.53. The van der Waals surface area contributed by atoms with Crippen LogP contribution in [0.4, 0.5) is 0 Å². The first kappa shape index (κ1) is 19.4. The van der Waals surface area contributed by atoms with Crippen molar-refractivity contribution in [2.24, 2.45) is 0 Å². The van der Waals surface area contributed by atoms with Crippen molar-refractivity contribution in [3.8, 4) is 33.8 Å². The third-order valence-corrected chi connectivity index (χ3v) is 4.30. The Hall–Kier alpha value is -3.40. The average Bonchev–Trinajstić information content (AvgIpc) is 2.75. The summed E-state index contributed by atoms with van der Waals surface area (Å²) in [6, 6.07) is 23.1. The van der Waals surface area contributed by atoms with Crippen LogP contribution in [0.25, 0.3) is 22.3 Å². The summed E-state index contributed by atoms with van der Waals surface area (Å²) in [6.07, 6.45) is 0.705. The summed E-state index contributed by atoms with van der Waals surface area (Å²) < 4.78 is 10.4. The van der Waals surface area contributed by atoms with Gasteiger partial charge in [-0.05, 0) is 46.5 Å². The third kappa shape index (κ3) is 4.86. The molecular weight excluding hydrogens is 352 g/mol. The molecule has 4 heteroatoms. The number of rotatable bonds is 6. The Bertz CT molecular complexity index is 859. The lowest BCUT2D eigenvalue weighted by molar-refractivity contribution is -0.134. The summed E-state index contributed by atoms with van der Waals surface area (Å²) >= 11 is 0. The minimum atomic E-state index is -0.243. The molecule has 0 unspecified atom stereocenters. The normalized spacial score (nSPS) is 10.4. The maximum atomic E-state index is 11.4. The van der Waals surface area contributed by atoms with E-state index in [4.69, 9.17) is 9.47 Å². The van der Waals surface area contributed by atoms with Gasteiger partial charge in [-0.2, -0.15) is 0 Å². The molecule has 0 aliphatic rings. The van der Waals surface area contributed by atoms with Crippen molar-refractivity contribution in [1.82, 2.24) is 0 Å². The molecule has 0 saturated carbocycles. The maximum absolute atomic E-state index is 11.4. The van der Waals surface area contributed by atoms with Gasteiger partial charge in [0.25, 0.3) is 0 Å². The average molecular weight is 374 g/mol. The van der Waals surface area contributed by atoms with Crippen LogP contribution in [-0.4, -0.2) is 11.9 Å². The van der Waals surface area contributed by atoms with Gasteiger partial charge in [0, 0.05) is 12.8 Å². The molecule has 0 N–H and O–H groups in total. The molecule has 0 aliphatic carbocycles. The highest BCUT2D eigenvalue weighted by Gasteiger charge is 2.05. The molecule has 0 spiro atoms. The van der Waals surface area contributed by atoms with Gasteiger partial charge in [0.1, 0.15) is 11.5 Å². The molecule has 0 bridgehead atoms. The number of hydrogen-bond acceptors (Lipinski definition) is 4. The van der Waals surface area contributed by atoms with Gasteiger partial charge in [0.2, 0.25) is 0 Å². The number of esters is 2. The van der Waals surface area contributed by atoms with E-state index in [0.29, 0.717) is 24.3 Å². The van der Waals surface area contributed by atoms with Gasteiger partial charge in [0.15, 0.2) is 0 Å². The summed E-state index contributed by atoms with van der Waals surface area (Å²) in [7, 11) is 0. The monoisotopic (exact) mass is 374 g/mol. The molecule has 142 valence electrons. The summed E-state index contributed by atoms with van der Waals surface area (Å²) in [4.78, 5) is 22.7. The Balaban J connectivity index is 1.71. The zero-order valence-corrected chi connectivity index (χ0v) is 16.0. The van der Waals surface area contributed by atoms with Crippen LogP contribution in [0.15, 0.2) is 72.8 Å². The molecule has 0 radical (unpaired) electrons. The fourth-order valence-electron chi connectivity index (χ4n) is 2.69. The molecular formula is C24H22O4. The highest BCUT2D eigenvalue weighted by atomic mass is 16.5. The lowest BCUT2D eigenvalue weighted by atomic mass is 10.0. The third-order valence-electron chi connectivity index (χ3n) is 4.30. The first-order chi connectivity index (χ1) is 13.6. The summed E-state index contributed by atoms with van der Waals surface area (Å²) in [5.41, 5.74) is 4.24. The van der Waals surface area contributed by atoms with Gasteiger partial charge in [-0.1, -0.05) is 62.4 Å². The fourth-order valence-corrected chi connectivity index (χ4v) is 2.69. The van der Waals surface area contributed by atoms with Gasteiger partial charge in [0.05, 0.1) is 0 Å². The second kappa shape index (κ2) is 9.00. The summed E-state index contributed by atoms with van der Waals surface area (Å²) in [5, 5.41) is 0. The topological polar surface area (TPSA) is 52.6 Å². The van der Waals surface area contributed by atoms with Crippen molar-refractivity contribution in [3.63, 3.8) is 0 Å². The van der Waals surface area contributed by atoms with E-state index in [9.17, 15) is 9.59 Å². The van der Waals surface area contributed by atoms with E-state index >= 15 is 0 Å². The molecule has 3 aromatic carbocycles. The highest BCUT2D eigenvalue weighted by Crippen LogP contribution is 2.27. The maximum Gasteiger partial charge on any atom is 0.310 e. The number of hydrogen-bond donors (Lipinski definition) is 0. The molecule has 0 aromatic heterocycles. The first-order valence-electron chi connectivity index (χ1n) is 9.31. The molecule has 28 heavy (non-hydrogen) atoms. The Kier molecular flexibility index (Phi) is 6.22. The summed E-state index contributed by atoms with van der Waals surface area (Å²) in [5.74, 6) is 0.618. The predicted molar refractivity (Wildman–Crippen MR) is 109 cm³/mol. The molecule has 0 saturated heterocycles. The Labute approximate surface area is 164 Å². The van der Waals surface area contributed by atoms with Gasteiger partial charge in [-0.3, -0.25) is 9.59 Å².